The molecule has 0 aliphatic carbocycles. The quantitative estimate of drug-likeness (QED) is 0.875. The standard InChI is InChI=1S/C14H12N4OS/c1-2-13-17-18-14(20-13)16-12(19)8-7-10-5-3-4-6-11(10)9-15/h3-8H,2H2,1H3,(H,16,18,19)/b8-7+. The van der Waals surface area contributed by atoms with E-state index < -0.39 is 0 Å². The van der Waals surface area contributed by atoms with Crippen LogP contribution in [0, 0.1) is 11.3 Å². The van der Waals surface area contributed by atoms with E-state index in [1.165, 1.54) is 17.4 Å². The van der Waals surface area contributed by atoms with Crippen LogP contribution >= 0.6 is 11.3 Å². The summed E-state index contributed by atoms with van der Waals surface area (Å²) in [4.78, 5) is 11.7. The average molecular weight is 284 g/mol. The molecule has 1 heterocycles. The van der Waals surface area contributed by atoms with E-state index in [1.54, 1.807) is 24.3 Å². The molecule has 6 heteroatoms. The molecule has 0 saturated carbocycles. The number of hydrogen-bond acceptors (Lipinski definition) is 5. The van der Waals surface area contributed by atoms with Crippen LogP contribution in [0.3, 0.4) is 0 Å². The number of benzene rings is 1. The number of nitrogens with zero attached hydrogens (tertiary/aromatic N) is 3. The number of anilines is 1. The Bertz CT molecular complexity index is 684. The van der Waals surface area contributed by atoms with Gasteiger partial charge < -0.3 is 0 Å². The molecule has 5 nitrogen and oxygen atoms in total. The van der Waals surface area contributed by atoms with Crippen LogP contribution in [0.4, 0.5) is 5.13 Å². The second-order valence-corrected chi connectivity index (χ2v) is 4.94. The van der Waals surface area contributed by atoms with Gasteiger partial charge in [-0.1, -0.05) is 36.5 Å². The highest BCUT2D eigenvalue weighted by Gasteiger charge is 2.05. The highest BCUT2D eigenvalue weighted by molar-refractivity contribution is 7.15. The van der Waals surface area contributed by atoms with Crippen LogP contribution in [-0.2, 0) is 11.2 Å². The summed E-state index contributed by atoms with van der Waals surface area (Å²) < 4.78 is 0. The van der Waals surface area contributed by atoms with Gasteiger partial charge in [0.2, 0.25) is 11.0 Å². The third-order valence-electron chi connectivity index (χ3n) is 2.49. The second kappa shape index (κ2) is 6.59. The predicted molar refractivity (Wildman–Crippen MR) is 78.1 cm³/mol. The van der Waals surface area contributed by atoms with Gasteiger partial charge in [0.1, 0.15) is 5.01 Å². The monoisotopic (exact) mass is 284 g/mol. The van der Waals surface area contributed by atoms with E-state index in [2.05, 4.69) is 21.6 Å². The molecule has 1 aromatic heterocycles. The van der Waals surface area contributed by atoms with Crippen LogP contribution < -0.4 is 5.32 Å². The summed E-state index contributed by atoms with van der Waals surface area (Å²) in [6.45, 7) is 1.98. The fourth-order valence-corrected chi connectivity index (χ4v) is 2.19. The lowest BCUT2D eigenvalue weighted by Crippen LogP contribution is -2.07. The highest BCUT2D eigenvalue weighted by Crippen LogP contribution is 2.15. The summed E-state index contributed by atoms with van der Waals surface area (Å²) in [5, 5.41) is 20.7. The Morgan fingerprint density at radius 1 is 1.45 bits per heavy atom. The molecule has 1 aromatic carbocycles. The molecule has 0 saturated heterocycles. The predicted octanol–water partition coefficient (Wildman–Crippen LogP) is 2.62. The number of nitrogens with one attached hydrogen (secondary N) is 1. The smallest absolute Gasteiger partial charge is 0.250 e. The highest BCUT2D eigenvalue weighted by atomic mass is 32.1. The van der Waals surface area contributed by atoms with Crippen LogP contribution in [0.5, 0.6) is 0 Å². The van der Waals surface area contributed by atoms with E-state index >= 15 is 0 Å². The maximum absolute atomic E-state index is 11.7. The molecule has 0 bridgehead atoms. The Labute approximate surface area is 120 Å². The van der Waals surface area contributed by atoms with Gasteiger partial charge >= 0.3 is 0 Å². The number of aromatic nitrogens is 2. The largest absolute Gasteiger partial charge is 0.297 e. The fraction of sp³-hybridized carbons (Fsp3) is 0.143. The van der Waals surface area contributed by atoms with E-state index in [1.807, 2.05) is 13.0 Å². The van der Waals surface area contributed by atoms with Crippen molar-refractivity contribution in [3.63, 3.8) is 0 Å². The van der Waals surface area contributed by atoms with Gasteiger partial charge in [-0.25, -0.2) is 0 Å². The molecule has 0 aliphatic rings. The van der Waals surface area contributed by atoms with E-state index in [0.29, 0.717) is 16.3 Å². The van der Waals surface area contributed by atoms with E-state index in [0.717, 1.165) is 11.4 Å². The summed E-state index contributed by atoms with van der Waals surface area (Å²) in [5.74, 6) is -0.295. The molecule has 1 N–H and O–H groups in total. The van der Waals surface area contributed by atoms with Crippen molar-refractivity contribution in [2.24, 2.45) is 0 Å². The Balaban J connectivity index is 2.04. The minimum atomic E-state index is -0.295. The Morgan fingerprint density at radius 2 is 2.25 bits per heavy atom. The van der Waals surface area contributed by atoms with Gasteiger partial charge in [-0.15, -0.1) is 10.2 Å². The number of hydrogen-bond donors (Lipinski definition) is 1. The molecule has 0 fully saturated rings. The number of aryl methyl sites for hydroxylation is 1. The number of nitriles is 1. The first-order chi connectivity index (χ1) is 9.72. The first-order valence-corrected chi connectivity index (χ1v) is 6.85. The molecule has 2 aromatic rings. The maximum Gasteiger partial charge on any atom is 0.250 e. The zero-order valence-electron chi connectivity index (χ0n) is 10.8. The Hall–Kier alpha value is -2.52. The van der Waals surface area contributed by atoms with Gasteiger partial charge in [0, 0.05) is 6.08 Å². The maximum atomic E-state index is 11.7. The van der Waals surface area contributed by atoms with Crippen molar-refractivity contribution in [3.8, 4) is 6.07 Å². The molecule has 0 aliphatic heterocycles. The van der Waals surface area contributed by atoms with Gasteiger partial charge in [0.15, 0.2) is 0 Å². The molecular weight excluding hydrogens is 272 g/mol. The number of amides is 1. The molecule has 1 amide bonds. The first-order valence-electron chi connectivity index (χ1n) is 6.03. The molecule has 0 spiro atoms. The summed E-state index contributed by atoms with van der Waals surface area (Å²) in [6.07, 6.45) is 3.78. The van der Waals surface area contributed by atoms with Crippen molar-refractivity contribution < 1.29 is 4.79 Å². The van der Waals surface area contributed by atoms with Crippen LogP contribution in [0.25, 0.3) is 6.08 Å². The molecule has 20 heavy (non-hydrogen) atoms. The summed E-state index contributed by atoms with van der Waals surface area (Å²) in [6, 6.07) is 9.16. The zero-order chi connectivity index (χ0) is 14.4. The number of carbonyl (C=O) groups is 1. The van der Waals surface area contributed by atoms with E-state index in [4.69, 9.17) is 5.26 Å². The summed E-state index contributed by atoms with van der Waals surface area (Å²) >= 11 is 1.35. The van der Waals surface area contributed by atoms with Crippen LogP contribution in [0.15, 0.2) is 30.3 Å². The van der Waals surface area contributed by atoms with Crippen molar-refractivity contribution in [2.75, 3.05) is 5.32 Å². The summed E-state index contributed by atoms with van der Waals surface area (Å²) in [5.41, 5.74) is 1.23. The minimum Gasteiger partial charge on any atom is -0.297 e. The molecule has 0 radical (unpaired) electrons. The van der Waals surface area contributed by atoms with Crippen LogP contribution in [0.1, 0.15) is 23.1 Å². The minimum absolute atomic E-state index is 0.295. The second-order valence-electron chi connectivity index (χ2n) is 3.88. The van der Waals surface area contributed by atoms with Gasteiger partial charge in [-0.3, -0.25) is 10.1 Å². The zero-order valence-corrected chi connectivity index (χ0v) is 11.6. The van der Waals surface area contributed by atoms with Gasteiger partial charge in [0.25, 0.3) is 0 Å². The lowest BCUT2D eigenvalue weighted by Gasteiger charge is -1.97. The number of rotatable bonds is 4. The molecular formula is C14H12N4OS. The lowest BCUT2D eigenvalue weighted by atomic mass is 10.1. The van der Waals surface area contributed by atoms with Crippen LogP contribution in [-0.4, -0.2) is 16.1 Å². The fourth-order valence-electron chi connectivity index (χ4n) is 1.50. The van der Waals surface area contributed by atoms with Gasteiger partial charge in [0.05, 0.1) is 11.6 Å². The van der Waals surface area contributed by atoms with Crippen molar-refractivity contribution >= 4 is 28.5 Å². The lowest BCUT2D eigenvalue weighted by molar-refractivity contribution is -0.111. The van der Waals surface area contributed by atoms with Crippen molar-refractivity contribution in [2.45, 2.75) is 13.3 Å². The summed E-state index contributed by atoms with van der Waals surface area (Å²) in [7, 11) is 0. The SMILES string of the molecule is CCc1nnc(NC(=O)/C=C/c2ccccc2C#N)s1. The molecule has 100 valence electrons. The van der Waals surface area contributed by atoms with E-state index in [-0.39, 0.29) is 5.91 Å². The normalized spacial score (nSPS) is 10.4. The van der Waals surface area contributed by atoms with Crippen LogP contribution in [0.2, 0.25) is 0 Å². The van der Waals surface area contributed by atoms with Crippen molar-refractivity contribution in [1.82, 2.24) is 10.2 Å². The molecule has 0 unspecified atom stereocenters. The Kier molecular flexibility index (Phi) is 4.58. The number of carbonyl (C=O) groups excluding carboxylic acids is 1. The Morgan fingerprint density at radius 3 is 2.95 bits per heavy atom. The molecule has 2 rings (SSSR count). The van der Waals surface area contributed by atoms with E-state index in [9.17, 15) is 4.79 Å². The van der Waals surface area contributed by atoms with Gasteiger partial charge in [-0.05, 0) is 24.1 Å². The average Bonchev–Trinajstić information content (AvgIpc) is 2.93. The first kappa shape index (κ1) is 13.9. The van der Waals surface area contributed by atoms with Crippen molar-refractivity contribution in [1.29, 1.82) is 5.26 Å². The third-order valence-corrected chi connectivity index (χ3v) is 3.48. The van der Waals surface area contributed by atoms with Crippen molar-refractivity contribution in [3.05, 3.63) is 46.5 Å². The topological polar surface area (TPSA) is 78.7 Å². The molecule has 0 atom stereocenters. The third kappa shape index (κ3) is 3.49. The van der Waals surface area contributed by atoms with Gasteiger partial charge in [-0.2, -0.15) is 5.26 Å².